The molecule has 1 aromatic carbocycles. The molecule has 1 aromatic heterocycles. The maximum absolute atomic E-state index is 6.23. The van der Waals surface area contributed by atoms with Crippen LogP contribution in [0, 0.1) is 0 Å². The highest BCUT2D eigenvalue weighted by molar-refractivity contribution is 6.41. The molecule has 2 rings (SSSR count). The Morgan fingerprint density at radius 1 is 1.10 bits per heavy atom. The molecular formula is C16H18Cl3NO. The second-order valence-electron chi connectivity index (χ2n) is 4.86. The highest BCUT2D eigenvalue weighted by atomic mass is 35.5. The van der Waals surface area contributed by atoms with Crippen molar-refractivity contribution in [3.05, 3.63) is 45.1 Å². The first-order chi connectivity index (χ1) is 10.1. The number of benzene rings is 1. The third-order valence-corrected chi connectivity index (χ3v) is 4.09. The first-order valence-electron chi connectivity index (χ1n) is 7.04. The highest BCUT2D eigenvalue weighted by Gasteiger charge is 2.17. The summed E-state index contributed by atoms with van der Waals surface area (Å²) in [6.07, 6.45) is 2.04. The topological polar surface area (TPSA) is 25.2 Å². The Morgan fingerprint density at radius 3 is 2.33 bits per heavy atom. The van der Waals surface area contributed by atoms with Crippen LogP contribution < -0.4 is 5.32 Å². The van der Waals surface area contributed by atoms with E-state index < -0.39 is 0 Å². The van der Waals surface area contributed by atoms with Crippen molar-refractivity contribution < 1.29 is 4.42 Å². The standard InChI is InChI=1S/C16H18Cl3NO/c1-3-7-20-13(4-2)14-5-6-15(21-14)16-11(18)8-10(17)9-12(16)19/h5-6,8-9,13,20H,3-4,7H2,1-2H3. The van der Waals surface area contributed by atoms with Crippen molar-refractivity contribution in [2.45, 2.75) is 32.7 Å². The summed E-state index contributed by atoms with van der Waals surface area (Å²) >= 11 is 18.4. The molecule has 0 spiro atoms. The zero-order valence-corrected chi connectivity index (χ0v) is 14.3. The summed E-state index contributed by atoms with van der Waals surface area (Å²) in [6, 6.07) is 7.39. The molecule has 114 valence electrons. The van der Waals surface area contributed by atoms with Crippen molar-refractivity contribution in [2.24, 2.45) is 0 Å². The fourth-order valence-electron chi connectivity index (χ4n) is 2.22. The van der Waals surface area contributed by atoms with E-state index in [0.717, 1.165) is 25.1 Å². The molecule has 1 N–H and O–H groups in total. The summed E-state index contributed by atoms with van der Waals surface area (Å²) < 4.78 is 5.95. The van der Waals surface area contributed by atoms with Gasteiger partial charge in [0.05, 0.1) is 21.7 Å². The van der Waals surface area contributed by atoms with E-state index in [0.29, 0.717) is 26.4 Å². The smallest absolute Gasteiger partial charge is 0.137 e. The van der Waals surface area contributed by atoms with Crippen LogP contribution >= 0.6 is 34.8 Å². The second kappa shape index (κ2) is 7.55. The van der Waals surface area contributed by atoms with E-state index in [1.165, 1.54) is 0 Å². The van der Waals surface area contributed by atoms with Crippen molar-refractivity contribution in [1.82, 2.24) is 5.32 Å². The Kier molecular flexibility index (Phi) is 6.00. The monoisotopic (exact) mass is 345 g/mol. The lowest BCUT2D eigenvalue weighted by Gasteiger charge is -2.13. The summed E-state index contributed by atoms with van der Waals surface area (Å²) in [4.78, 5) is 0. The first kappa shape index (κ1) is 16.7. The van der Waals surface area contributed by atoms with Crippen LogP contribution in [0.5, 0.6) is 0 Å². The number of nitrogens with one attached hydrogen (secondary N) is 1. The molecular weight excluding hydrogens is 329 g/mol. The van der Waals surface area contributed by atoms with Gasteiger partial charge in [-0.1, -0.05) is 48.7 Å². The lowest BCUT2D eigenvalue weighted by Crippen LogP contribution is -2.20. The summed E-state index contributed by atoms with van der Waals surface area (Å²) in [5, 5.41) is 4.95. The SMILES string of the molecule is CCCNC(CC)c1ccc(-c2c(Cl)cc(Cl)cc2Cl)o1. The molecule has 0 saturated carbocycles. The molecule has 1 heterocycles. The molecule has 0 fully saturated rings. The van der Waals surface area contributed by atoms with E-state index in [2.05, 4.69) is 19.2 Å². The number of rotatable bonds is 6. The van der Waals surface area contributed by atoms with Crippen LogP contribution in [-0.2, 0) is 0 Å². The summed E-state index contributed by atoms with van der Waals surface area (Å²) in [7, 11) is 0. The van der Waals surface area contributed by atoms with Gasteiger partial charge in [0.15, 0.2) is 0 Å². The van der Waals surface area contributed by atoms with Crippen LogP contribution in [0.25, 0.3) is 11.3 Å². The van der Waals surface area contributed by atoms with Gasteiger partial charge in [-0.25, -0.2) is 0 Å². The molecule has 1 atom stereocenters. The van der Waals surface area contributed by atoms with Crippen LogP contribution in [0.3, 0.4) is 0 Å². The quantitative estimate of drug-likeness (QED) is 0.658. The Morgan fingerprint density at radius 2 is 1.76 bits per heavy atom. The van der Waals surface area contributed by atoms with Crippen LogP contribution in [0.15, 0.2) is 28.7 Å². The number of hydrogen-bond donors (Lipinski definition) is 1. The zero-order chi connectivity index (χ0) is 15.4. The Hall–Kier alpha value is -0.670. The van der Waals surface area contributed by atoms with Gasteiger partial charge in [-0.3, -0.25) is 0 Å². The van der Waals surface area contributed by atoms with Crippen molar-refractivity contribution in [2.75, 3.05) is 6.54 Å². The highest BCUT2D eigenvalue weighted by Crippen LogP contribution is 2.38. The zero-order valence-electron chi connectivity index (χ0n) is 12.1. The molecule has 0 aliphatic rings. The minimum atomic E-state index is 0.198. The molecule has 0 radical (unpaired) electrons. The van der Waals surface area contributed by atoms with E-state index in [4.69, 9.17) is 39.2 Å². The molecule has 21 heavy (non-hydrogen) atoms. The van der Waals surface area contributed by atoms with E-state index in [1.54, 1.807) is 12.1 Å². The largest absolute Gasteiger partial charge is 0.459 e. The normalized spacial score (nSPS) is 12.6. The van der Waals surface area contributed by atoms with Gasteiger partial charge in [-0.05, 0) is 43.7 Å². The Bertz CT molecular complexity index is 586. The van der Waals surface area contributed by atoms with E-state index in [9.17, 15) is 0 Å². The predicted octanol–water partition coefficient (Wildman–Crippen LogP) is 6.36. The molecule has 0 aliphatic heterocycles. The van der Waals surface area contributed by atoms with Gasteiger partial charge in [0, 0.05) is 5.02 Å². The fourth-order valence-corrected chi connectivity index (χ4v) is 3.22. The number of furan rings is 1. The lowest BCUT2D eigenvalue weighted by molar-refractivity contribution is 0.411. The Labute approximate surface area is 140 Å². The van der Waals surface area contributed by atoms with Crippen molar-refractivity contribution in [3.8, 4) is 11.3 Å². The van der Waals surface area contributed by atoms with Gasteiger partial charge in [0.2, 0.25) is 0 Å². The van der Waals surface area contributed by atoms with Crippen LogP contribution in [-0.4, -0.2) is 6.54 Å². The summed E-state index contributed by atoms with van der Waals surface area (Å²) in [5.74, 6) is 1.55. The van der Waals surface area contributed by atoms with Gasteiger partial charge < -0.3 is 9.73 Å². The van der Waals surface area contributed by atoms with Crippen LogP contribution in [0.1, 0.15) is 38.5 Å². The Balaban J connectivity index is 2.31. The van der Waals surface area contributed by atoms with E-state index in [-0.39, 0.29) is 6.04 Å². The second-order valence-corrected chi connectivity index (χ2v) is 6.11. The van der Waals surface area contributed by atoms with Gasteiger partial charge >= 0.3 is 0 Å². The van der Waals surface area contributed by atoms with Crippen LogP contribution in [0.2, 0.25) is 15.1 Å². The lowest BCUT2D eigenvalue weighted by atomic mass is 10.1. The van der Waals surface area contributed by atoms with Gasteiger partial charge in [-0.15, -0.1) is 0 Å². The van der Waals surface area contributed by atoms with Crippen molar-refractivity contribution >= 4 is 34.8 Å². The molecule has 2 nitrogen and oxygen atoms in total. The van der Waals surface area contributed by atoms with Gasteiger partial charge in [0.1, 0.15) is 11.5 Å². The van der Waals surface area contributed by atoms with Gasteiger partial charge in [0.25, 0.3) is 0 Å². The number of hydrogen-bond acceptors (Lipinski definition) is 2. The minimum Gasteiger partial charge on any atom is -0.459 e. The summed E-state index contributed by atoms with van der Waals surface area (Å²) in [6.45, 7) is 5.22. The third-order valence-electron chi connectivity index (χ3n) is 3.27. The van der Waals surface area contributed by atoms with Crippen molar-refractivity contribution in [1.29, 1.82) is 0 Å². The third kappa shape index (κ3) is 3.95. The molecule has 0 bridgehead atoms. The molecule has 1 unspecified atom stereocenters. The molecule has 0 saturated heterocycles. The average molecular weight is 347 g/mol. The maximum Gasteiger partial charge on any atom is 0.137 e. The molecule has 5 heteroatoms. The minimum absolute atomic E-state index is 0.198. The summed E-state index contributed by atoms with van der Waals surface area (Å²) in [5.41, 5.74) is 0.680. The number of halogens is 3. The average Bonchev–Trinajstić information content (AvgIpc) is 2.88. The van der Waals surface area contributed by atoms with E-state index >= 15 is 0 Å². The fraction of sp³-hybridized carbons (Fsp3) is 0.375. The van der Waals surface area contributed by atoms with E-state index in [1.807, 2.05) is 12.1 Å². The van der Waals surface area contributed by atoms with Crippen molar-refractivity contribution in [3.63, 3.8) is 0 Å². The predicted molar refractivity (Wildman–Crippen MR) is 90.5 cm³/mol. The molecule has 0 aliphatic carbocycles. The molecule has 2 aromatic rings. The maximum atomic E-state index is 6.23. The van der Waals surface area contributed by atoms with Crippen LogP contribution in [0.4, 0.5) is 0 Å². The first-order valence-corrected chi connectivity index (χ1v) is 8.18. The molecule has 0 amide bonds. The van der Waals surface area contributed by atoms with Gasteiger partial charge in [-0.2, -0.15) is 0 Å².